The summed E-state index contributed by atoms with van der Waals surface area (Å²) in [6, 6.07) is 19.6. The van der Waals surface area contributed by atoms with Crippen LogP contribution < -0.4 is 11.1 Å². The van der Waals surface area contributed by atoms with Crippen molar-refractivity contribution in [2.24, 2.45) is 0 Å². The number of H-pyrrole nitrogens is 1. The molecule has 2 aromatic heterocycles. The molecule has 7 heteroatoms. The normalized spacial score (nSPS) is 11.3. The number of rotatable bonds is 5. The molecule has 4 N–H and O–H groups in total. The fourth-order valence-electron chi connectivity index (χ4n) is 3.20. The maximum Gasteiger partial charge on any atom is 0.153 e. The highest BCUT2D eigenvalue weighted by Crippen LogP contribution is 2.26. The lowest BCUT2D eigenvalue weighted by atomic mass is 9.84. The van der Waals surface area contributed by atoms with E-state index in [1.54, 1.807) is 0 Å². The lowest BCUT2D eigenvalue weighted by Gasteiger charge is -2.26. The van der Waals surface area contributed by atoms with E-state index in [2.05, 4.69) is 45.6 Å². The van der Waals surface area contributed by atoms with Crippen molar-refractivity contribution >= 4 is 22.5 Å². The molecule has 2 heterocycles. The van der Waals surface area contributed by atoms with Gasteiger partial charge in [-0.15, -0.1) is 10.2 Å². The molecule has 29 heavy (non-hydrogen) atoms. The van der Waals surface area contributed by atoms with E-state index in [-0.39, 0.29) is 5.41 Å². The highest BCUT2D eigenvalue weighted by Gasteiger charge is 2.21. The third-order valence-corrected chi connectivity index (χ3v) is 5.04. The second kappa shape index (κ2) is 7.24. The Morgan fingerprint density at radius 1 is 1.10 bits per heavy atom. The van der Waals surface area contributed by atoms with Gasteiger partial charge in [-0.3, -0.25) is 5.10 Å². The third kappa shape index (κ3) is 3.73. The molecule has 0 aliphatic carbocycles. The van der Waals surface area contributed by atoms with E-state index in [1.165, 1.54) is 0 Å². The molecule has 0 saturated carbocycles. The number of nitrogens with one attached hydrogen (secondary N) is 2. The van der Waals surface area contributed by atoms with Gasteiger partial charge in [0.1, 0.15) is 5.82 Å². The molecule has 7 nitrogen and oxygen atoms in total. The minimum Gasteiger partial charge on any atom is -0.382 e. The number of nitriles is 1. The Hall–Kier alpha value is -3.92. The number of fused-ring (bicyclic) bond motifs is 1. The molecule has 0 saturated heterocycles. The van der Waals surface area contributed by atoms with Gasteiger partial charge in [-0.1, -0.05) is 32.0 Å². The Kier molecular flexibility index (Phi) is 4.61. The van der Waals surface area contributed by atoms with Gasteiger partial charge in [0.05, 0.1) is 22.8 Å². The molecular formula is C22H21N7. The summed E-state index contributed by atoms with van der Waals surface area (Å²) in [7, 11) is 0. The van der Waals surface area contributed by atoms with Crippen molar-refractivity contribution in [2.45, 2.75) is 19.3 Å². The van der Waals surface area contributed by atoms with Crippen molar-refractivity contribution in [1.82, 2.24) is 20.4 Å². The fourth-order valence-corrected chi connectivity index (χ4v) is 3.20. The Bertz CT molecular complexity index is 1200. The molecule has 0 unspecified atom stereocenters. The highest BCUT2D eigenvalue weighted by molar-refractivity contribution is 5.91. The van der Waals surface area contributed by atoms with E-state index in [0.29, 0.717) is 23.7 Å². The molecule has 0 fully saturated rings. The topological polar surface area (TPSA) is 116 Å². The molecule has 0 radical (unpaired) electrons. The van der Waals surface area contributed by atoms with Gasteiger partial charge in [0, 0.05) is 22.9 Å². The molecule has 4 aromatic rings. The van der Waals surface area contributed by atoms with Crippen LogP contribution in [0, 0.1) is 11.3 Å². The molecule has 0 spiro atoms. The average Bonchev–Trinajstić information content (AvgIpc) is 3.13. The number of nitrogens with zero attached hydrogens (tertiary/aromatic N) is 4. The van der Waals surface area contributed by atoms with Crippen LogP contribution >= 0.6 is 0 Å². The van der Waals surface area contributed by atoms with Gasteiger partial charge in [0.25, 0.3) is 0 Å². The summed E-state index contributed by atoms with van der Waals surface area (Å²) in [4.78, 5) is 0. The van der Waals surface area contributed by atoms with Crippen molar-refractivity contribution < 1.29 is 0 Å². The summed E-state index contributed by atoms with van der Waals surface area (Å²) in [5.74, 6) is 1.16. The molecule has 0 atom stereocenters. The largest absolute Gasteiger partial charge is 0.382 e. The second-order valence-electron chi connectivity index (χ2n) is 7.60. The number of anilines is 2. The number of aromatic amines is 1. The zero-order valence-corrected chi connectivity index (χ0v) is 16.3. The van der Waals surface area contributed by atoms with Crippen LogP contribution in [0.4, 0.5) is 11.6 Å². The van der Waals surface area contributed by atoms with Gasteiger partial charge in [0.2, 0.25) is 0 Å². The van der Waals surface area contributed by atoms with Crippen LogP contribution in [-0.2, 0) is 5.41 Å². The van der Waals surface area contributed by atoms with E-state index in [4.69, 9.17) is 11.0 Å². The number of benzene rings is 2. The minimum absolute atomic E-state index is 0.170. The van der Waals surface area contributed by atoms with Gasteiger partial charge < -0.3 is 11.1 Å². The minimum atomic E-state index is -0.170. The lowest BCUT2D eigenvalue weighted by Crippen LogP contribution is -2.28. The third-order valence-electron chi connectivity index (χ3n) is 5.04. The van der Waals surface area contributed by atoms with E-state index >= 15 is 0 Å². The number of aromatic nitrogens is 4. The van der Waals surface area contributed by atoms with Crippen molar-refractivity contribution in [1.29, 1.82) is 5.26 Å². The van der Waals surface area contributed by atoms with Gasteiger partial charge >= 0.3 is 0 Å². The van der Waals surface area contributed by atoms with Crippen molar-refractivity contribution in [3.63, 3.8) is 0 Å². The Balaban J connectivity index is 1.49. The highest BCUT2D eigenvalue weighted by atomic mass is 15.2. The van der Waals surface area contributed by atoms with Gasteiger partial charge in [0.15, 0.2) is 5.82 Å². The van der Waals surface area contributed by atoms with Crippen LogP contribution in [0.1, 0.15) is 25.0 Å². The van der Waals surface area contributed by atoms with Crippen LogP contribution in [-0.4, -0.2) is 26.9 Å². The number of nitrogen functional groups attached to an aromatic ring is 1. The quantitative estimate of drug-likeness (QED) is 0.482. The van der Waals surface area contributed by atoms with E-state index in [0.717, 1.165) is 27.7 Å². The molecular weight excluding hydrogens is 362 g/mol. The van der Waals surface area contributed by atoms with Crippen LogP contribution in [0.3, 0.4) is 0 Å². The molecule has 0 amide bonds. The molecule has 144 valence electrons. The summed E-state index contributed by atoms with van der Waals surface area (Å²) in [6.45, 7) is 4.92. The number of nitrogens with two attached hydrogens (primary N) is 1. The number of hydrogen-bond donors (Lipinski definition) is 3. The molecule has 2 aromatic carbocycles. The van der Waals surface area contributed by atoms with E-state index in [1.807, 2.05) is 54.6 Å². The fraction of sp³-hybridized carbons (Fsp3) is 0.182. The predicted molar refractivity (Wildman–Crippen MR) is 114 cm³/mol. The van der Waals surface area contributed by atoms with Crippen LogP contribution in [0.5, 0.6) is 0 Å². The van der Waals surface area contributed by atoms with Gasteiger partial charge in [-0.2, -0.15) is 10.4 Å². The molecule has 0 aliphatic rings. The molecule has 0 aliphatic heterocycles. The van der Waals surface area contributed by atoms with E-state index in [9.17, 15) is 0 Å². The van der Waals surface area contributed by atoms with Crippen molar-refractivity contribution in [3.05, 3.63) is 65.7 Å². The molecule has 0 bridgehead atoms. The standard InChI is InChI=1S/C22H21N7/c1-22(2,16-5-3-4-14(10-16)12-23)13-25-20-9-8-18(26-28-20)15-6-7-19-17(11-15)21(24)29-27-19/h3-11H,13H2,1-2H3,(H,25,28)(H3,24,27,29). The zero-order chi connectivity index (χ0) is 20.4. The van der Waals surface area contributed by atoms with Crippen molar-refractivity contribution in [3.8, 4) is 17.3 Å². The summed E-state index contributed by atoms with van der Waals surface area (Å²) < 4.78 is 0. The van der Waals surface area contributed by atoms with Crippen LogP contribution in [0.15, 0.2) is 54.6 Å². The van der Waals surface area contributed by atoms with Gasteiger partial charge in [-0.25, -0.2) is 0 Å². The molecule has 4 rings (SSSR count). The van der Waals surface area contributed by atoms with Crippen molar-refractivity contribution in [2.75, 3.05) is 17.6 Å². The van der Waals surface area contributed by atoms with Crippen LogP contribution in [0.25, 0.3) is 22.2 Å². The second-order valence-corrected chi connectivity index (χ2v) is 7.60. The predicted octanol–water partition coefficient (Wildman–Crippen LogP) is 3.86. The van der Waals surface area contributed by atoms with E-state index < -0.39 is 0 Å². The lowest BCUT2D eigenvalue weighted by molar-refractivity contribution is 0.555. The summed E-state index contributed by atoms with van der Waals surface area (Å²) in [6.07, 6.45) is 0. The first-order valence-corrected chi connectivity index (χ1v) is 9.28. The monoisotopic (exact) mass is 383 g/mol. The Morgan fingerprint density at radius 3 is 2.72 bits per heavy atom. The SMILES string of the molecule is CC(C)(CNc1ccc(-c2ccc3[nH]nc(N)c3c2)nn1)c1cccc(C#N)c1. The first kappa shape index (κ1) is 18.4. The summed E-state index contributed by atoms with van der Waals surface area (Å²) in [5.41, 5.74) is 10.1. The number of hydrogen-bond acceptors (Lipinski definition) is 6. The smallest absolute Gasteiger partial charge is 0.153 e. The maximum absolute atomic E-state index is 9.12. The summed E-state index contributed by atoms with van der Waals surface area (Å²) >= 11 is 0. The summed E-state index contributed by atoms with van der Waals surface area (Å²) in [5, 5.41) is 28.9. The van der Waals surface area contributed by atoms with Gasteiger partial charge in [-0.05, 0) is 42.0 Å². The Morgan fingerprint density at radius 2 is 1.97 bits per heavy atom. The zero-order valence-electron chi connectivity index (χ0n) is 16.3. The Labute approximate surface area is 168 Å². The first-order chi connectivity index (χ1) is 14.0. The maximum atomic E-state index is 9.12. The first-order valence-electron chi connectivity index (χ1n) is 9.28. The average molecular weight is 383 g/mol. The van der Waals surface area contributed by atoms with Crippen LogP contribution in [0.2, 0.25) is 0 Å².